The molecule has 1 aromatic carbocycles. The number of aromatic nitrogens is 1. The van der Waals surface area contributed by atoms with E-state index in [0.717, 1.165) is 48.7 Å². The van der Waals surface area contributed by atoms with Crippen LogP contribution in [0.3, 0.4) is 0 Å². The number of carbonyl (C=O) groups is 1. The Labute approximate surface area is 150 Å². The molecule has 2 saturated heterocycles. The molecule has 2 aliphatic heterocycles. The summed E-state index contributed by atoms with van der Waals surface area (Å²) in [6.45, 7) is 8.24. The fraction of sp³-hybridized carbons (Fsp3) is 0.476. The molecule has 4 rings (SSSR count). The number of fused-ring (bicyclic) bond motifs is 1. The monoisotopic (exact) mass is 337 g/mol. The van der Waals surface area contributed by atoms with Gasteiger partial charge in [-0.05, 0) is 57.9 Å². The second kappa shape index (κ2) is 6.68. The van der Waals surface area contributed by atoms with Crippen LogP contribution in [0.15, 0.2) is 36.4 Å². The number of para-hydroxylation sites is 1. The van der Waals surface area contributed by atoms with Gasteiger partial charge in [0.25, 0.3) is 5.91 Å². The lowest BCUT2D eigenvalue weighted by molar-refractivity contribution is 0.0742. The standard InChI is InChI=1S/C21H27N3O/c1-16-14-20(17(2)24(16)18-8-4-3-5-9-18)21(25)23-13-7-12-22-11-6-10-19(22)15-23/h3-5,8-9,14,19H,6-7,10-13,15H2,1-2H3/t19-/m0/s1. The molecule has 0 spiro atoms. The van der Waals surface area contributed by atoms with Gasteiger partial charge in [-0.2, -0.15) is 0 Å². The number of hydrogen-bond acceptors (Lipinski definition) is 2. The first-order valence-electron chi connectivity index (χ1n) is 9.43. The first kappa shape index (κ1) is 16.4. The summed E-state index contributed by atoms with van der Waals surface area (Å²) in [5.74, 6) is 0.198. The van der Waals surface area contributed by atoms with Crippen molar-refractivity contribution in [1.82, 2.24) is 14.4 Å². The quantitative estimate of drug-likeness (QED) is 0.840. The van der Waals surface area contributed by atoms with E-state index in [1.807, 2.05) is 18.2 Å². The molecule has 4 nitrogen and oxygen atoms in total. The number of nitrogens with zero attached hydrogens (tertiary/aromatic N) is 3. The molecule has 2 aromatic rings. The van der Waals surface area contributed by atoms with E-state index >= 15 is 0 Å². The smallest absolute Gasteiger partial charge is 0.255 e. The summed E-state index contributed by atoms with van der Waals surface area (Å²) in [6, 6.07) is 12.9. The van der Waals surface area contributed by atoms with Crippen LogP contribution in [0.25, 0.3) is 5.69 Å². The Morgan fingerprint density at radius 2 is 1.80 bits per heavy atom. The zero-order valence-electron chi connectivity index (χ0n) is 15.2. The van der Waals surface area contributed by atoms with Crippen LogP contribution in [0.1, 0.15) is 41.0 Å². The van der Waals surface area contributed by atoms with Crippen molar-refractivity contribution >= 4 is 5.91 Å². The van der Waals surface area contributed by atoms with Crippen molar-refractivity contribution in [2.24, 2.45) is 0 Å². The van der Waals surface area contributed by atoms with Crippen LogP contribution in [0.4, 0.5) is 0 Å². The van der Waals surface area contributed by atoms with Crippen molar-refractivity contribution < 1.29 is 4.79 Å². The van der Waals surface area contributed by atoms with Crippen molar-refractivity contribution in [2.75, 3.05) is 26.2 Å². The topological polar surface area (TPSA) is 28.5 Å². The number of rotatable bonds is 2. The number of benzene rings is 1. The van der Waals surface area contributed by atoms with E-state index in [1.54, 1.807) is 0 Å². The van der Waals surface area contributed by atoms with E-state index in [2.05, 4.69) is 46.4 Å². The first-order valence-corrected chi connectivity index (χ1v) is 9.43. The highest BCUT2D eigenvalue weighted by Gasteiger charge is 2.31. The molecule has 0 unspecified atom stereocenters. The van der Waals surface area contributed by atoms with Gasteiger partial charge in [0.2, 0.25) is 0 Å². The van der Waals surface area contributed by atoms with Crippen LogP contribution < -0.4 is 0 Å². The minimum atomic E-state index is 0.198. The van der Waals surface area contributed by atoms with Gasteiger partial charge in [-0.1, -0.05) is 18.2 Å². The zero-order valence-corrected chi connectivity index (χ0v) is 15.2. The normalized spacial score (nSPS) is 21.2. The first-order chi connectivity index (χ1) is 12.1. The lowest BCUT2D eigenvalue weighted by Crippen LogP contribution is -2.39. The molecule has 132 valence electrons. The van der Waals surface area contributed by atoms with E-state index in [0.29, 0.717) is 6.04 Å². The fourth-order valence-corrected chi connectivity index (χ4v) is 4.52. The SMILES string of the molecule is Cc1cc(C(=O)N2CCCN3CCC[C@H]3C2)c(C)n1-c1ccccc1. The summed E-state index contributed by atoms with van der Waals surface area (Å²) in [5, 5.41) is 0. The third-order valence-electron chi connectivity index (χ3n) is 5.77. The summed E-state index contributed by atoms with van der Waals surface area (Å²) in [6.07, 6.45) is 3.59. The predicted octanol–water partition coefficient (Wildman–Crippen LogP) is 3.40. The number of carbonyl (C=O) groups excluding carboxylic acids is 1. The molecule has 25 heavy (non-hydrogen) atoms. The van der Waals surface area contributed by atoms with Crippen LogP contribution in [0.2, 0.25) is 0 Å². The predicted molar refractivity (Wildman–Crippen MR) is 100 cm³/mol. The minimum absolute atomic E-state index is 0.198. The van der Waals surface area contributed by atoms with Crippen molar-refractivity contribution in [3.05, 3.63) is 53.3 Å². The van der Waals surface area contributed by atoms with Gasteiger partial charge in [-0.25, -0.2) is 0 Å². The molecule has 0 radical (unpaired) electrons. The van der Waals surface area contributed by atoms with Gasteiger partial charge >= 0.3 is 0 Å². The number of aryl methyl sites for hydroxylation is 1. The van der Waals surface area contributed by atoms with Gasteiger partial charge in [0.15, 0.2) is 0 Å². The van der Waals surface area contributed by atoms with Crippen LogP contribution in [-0.4, -0.2) is 52.5 Å². The highest BCUT2D eigenvalue weighted by atomic mass is 16.2. The van der Waals surface area contributed by atoms with E-state index in [1.165, 1.54) is 19.4 Å². The average molecular weight is 337 g/mol. The molecule has 1 atom stereocenters. The second-order valence-electron chi connectivity index (χ2n) is 7.39. The number of hydrogen-bond donors (Lipinski definition) is 0. The lowest BCUT2D eigenvalue weighted by Gasteiger charge is -2.25. The molecule has 3 heterocycles. The van der Waals surface area contributed by atoms with E-state index in [9.17, 15) is 4.79 Å². The summed E-state index contributed by atoms with van der Waals surface area (Å²) in [5.41, 5.74) is 4.13. The van der Waals surface area contributed by atoms with Crippen LogP contribution >= 0.6 is 0 Å². The Hall–Kier alpha value is -2.07. The Balaban J connectivity index is 1.62. The van der Waals surface area contributed by atoms with Crippen LogP contribution in [0, 0.1) is 13.8 Å². The van der Waals surface area contributed by atoms with Gasteiger partial charge < -0.3 is 9.47 Å². The Morgan fingerprint density at radius 3 is 2.60 bits per heavy atom. The van der Waals surface area contributed by atoms with E-state index in [4.69, 9.17) is 0 Å². The summed E-state index contributed by atoms with van der Waals surface area (Å²) in [7, 11) is 0. The third kappa shape index (κ3) is 2.99. The van der Waals surface area contributed by atoms with Crippen molar-refractivity contribution in [1.29, 1.82) is 0 Å². The number of amides is 1. The molecule has 1 amide bonds. The minimum Gasteiger partial charge on any atom is -0.337 e. The molecular weight excluding hydrogens is 310 g/mol. The molecule has 0 saturated carbocycles. The maximum absolute atomic E-state index is 13.3. The maximum atomic E-state index is 13.3. The molecule has 0 aliphatic carbocycles. The Kier molecular flexibility index (Phi) is 4.38. The molecule has 2 aliphatic rings. The molecule has 4 heteroatoms. The van der Waals surface area contributed by atoms with Gasteiger partial charge in [-0.15, -0.1) is 0 Å². The van der Waals surface area contributed by atoms with Crippen LogP contribution in [-0.2, 0) is 0 Å². The average Bonchev–Trinajstić information content (AvgIpc) is 3.11. The van der Waals surface area contributed by atoms with Crippen molar-refractivity contribution in [2.45, 2.75) is 39.2 Å². The summed E-state index contributed by atoms with van der Waals surface area (Å²) < 4.78 is 2.19. The van der Waals surface area contributed by atoms with Gasteiger partial charge in [0.05, 0.1) is 5.56 Å². The molecule has 1 aromatic heterocycles. The largest absolute Gasteiger partial charge is 0.337 e. The van der Waals surface area contributed by atoms with E-state index < -0.39 is 0 Å². The Morgan fingerprint density at radius 1 is 1.04 bits per heavy atom. The Bertz CT molecular complexity index is 765. The van der Waals surface area contributed by atoms with Crippen molar-refractivity contribution in [3.63, 3.8) is 0 Å². The lowest BCUT2D eigenvalue weighted by atomic mass is 10.1. The molecule has 0 N–H and O–H groups in total. The van der Waals surface area contributed by atoms with Gasteiger partial charge in [0.1, 0.15) is 0 Å². The van der Waals surface area contributed by atoms with E-state index in [-0.39, 0.29) is 5.91 Å². The maximum Gasteiger partial charge on any atom is 0.255 e. The molecular formula is C21H27N3O. The fourth-order valence-electron chi connectivity index (χ4n) is 4.52. The van der Waals surface area contributed by atoms with Gasteiger partial charge in [-0.3, -0.25) is 9.69 Å². The highest BCUT2D eigenvalue weighted by molar-refractivity contribution is 5.96. The highest BCUT2D eigenvalue weighted by Crippen LogP contribution is 2.25. The zero-order chi connectivity index (χ0) is 17.4. The molecule has 2 fully saturated rings. The van der Waals surface area contributed by atoms with Crippen molar-refractivity contribution in [3.8, 4) is 5.69 Å². The molecule has 0 bridgehead atoms. The third-order valence-corrected chi connectivity index (χ3v) is 5.77. The second-order valence-corrected chi connectivity index (χ2v) is 7.39. The van der Waals surface area contributed by atoms with Gasteiger partial charge in [0, 0.05) is 42.8 Å². The van der Waals surface area contributed by atoms with Crippen LogP contribution in [0.5, 0.6) is 0 Å². The summed E-state index contributed by atoms with van der Waals surface area (Å²) >= 11 is 0. The summed E-state index contributed by atoms with van der Waals surface area (Å²) in [4.78, 5) is 17.9.